The van der Waals surface area contributed by atoms with Crippen LogP contribution >= 0.6 is 47.8 Å². The summed E-state index contributed by atoms with van der Waals surface area (Å²) in [5.41, 5.74) is 1.74. The summed E-state index contributed by atoms with van der Waals surface area (Å²) in [6.07, 6.45) is 1.86. The van der Waals surface area contributed by atoms with Gasteiger partial charge in [-0.15, -0.1) is 0 Å². The molecule has 0 saturated heterocycles. The summed E-state index contributed by atoms with van der Waals surface area (Å²) in [5, 5.41) is 13.3. The molecule has 2 aromatic rings. The molecule has 0 aromatic heterocycles. The van der Waals surface area contributed by atoms with Crippen molar-refractivity contribution < 1.29 is 24.2 Å². The minimum absolute atomic E-state index is 0.103. The highest BCUT2D eigenvalue weighted by Crippen LogP contribution is 2.40. The largest absolute Gasteiger partial charge is 0.493 e. The average Bonchev–Trinajstić information content (AvgIpc) is 2.69. The number of aliphatic carboxylic acids is 1. The van der Waals surface area contributed by atoms with E-state index in [1.54, 1.807) is 44.4 Å². The molecule has 0 radical (unpaired) electrons. The van der Waals surface area contributed by atoms with Gasteiger partial charge in [0.1, 0.15) is 13.2 Å². The fraction of sp³-hybridized carbons (Fsp3) is 0.200. The van der Waals surface area contributed by atoms with Gasteiger partial charge in [-0.25, -0.2) is 4.79 Å². The Labute approximate surface area is 193 Å². The highest BCUT2D eigenvalue weighted by molar-refractivity contribution is 9.28. The zero-order chi connectivity index (χ0) is 21.4. The molecule has 1 N–H and O–H groups in total. The molecule has 0 aliphatic heterocycles. The summed E-state index contributed by atoms with van der Waals surface area (Å²) in [5.74, 6) is -0.145. The van der Waals surface area contributed by atoms with Crippen molar-refractivity contribution in [2.45, 2.75) is 13.5 Å². The molecule has 154 valence electrons. The summed E-state index contributed by atoms with van der Waals surface area (Å²) in [4.78, 5) is 16.6. The monoisotopic (exact) mass is 589 g/mol. The van der Waals surface area contributed by atoms with E-state index in [0.29, 0.717) is 27.1 Å². The second kappa shape index (κ2) is 11.4. The molecule has 2 rings (SSSR count). The average molecular weight is 592 g/mol. The van der Waals surface area contributed by atoms with E-state index in [0.717, 1.165) is 8.96 Å². The van der Waals surface area contributed by atoms with Crippen LogP contribution in [0.5, 0.6) is 11.5 Å². The van der Waals surface area contributed by atoms with Gasteiger partial charge in [0.2, 0.25) is 0 Å². The highest BCUT2D eigenvalue weighted by atomic mass is 79.9. The summed E-state index contributed by atoms with van der Waals surface area (Å²) < 4.78 is 12.9. The van der Waals surface area contributed by atoms with Gasteiger partial charge in [-0.1, -0.05) is 29.4 Å². The van der Waals surface area contributed by atoms with Crippen molar-refractivity contribution in [1.29, 1.82) is 0 Å². The number of methoxy groups -OCH3 is 1. The van der Waals surface area contributed by atoms with E-state index >= 15 is 0 Å². The summed E-state index contributed by atoms with van der Waals surface area (Å²) in [6.45, 7) is 2.10. The number of halogens is 3. The third kappa shape index (κ3) is 6.32. The molecule has 29 heavy (non-hydrogen) atoms. The lowest BCUT2D eigenvalue weighted by Gasteiger charge is -2.16. The van der Waals surface area contributed by atoms with Crippen LogP contribution in [-0.4, -0.2) is 30.5 Å². The van der Waals surface area contributed by atoms with Crippen molar-refractivity contribution in [3.8, 4) is 11.5 Å². The number of ether oxygens (including phenoxy) is 2. The SMILES string of the molecule is CCO/N=C(/C(=O)O)c1ccccc1COc1c(OC)ccc(C=C(Br)Br)c1Br. The van der Waals surface area contributed by atoms with E-state index in [1.807, 2.05) is 12.1 Å². The molecule has 0 atom stereocenters. The quantitative estimate of drug-likeness (QED) is 0.288. The Balaban J connectivity index is 2.40. The third-order valence-corrected chi connectivity index (χ3v) is 4.98. The van der Waals surface area contributed by atoms with Crippen LogP contribution in [0.2, 0.25) is 0 Å². The molecule has 0 amide bonds. The van der Waals surface area contributed by atoms with E-state index in [2.05, 4.69) is 52.9 Å². The van der Waals surface area contributed by atoms with Gasteiger partial charge in [0.25, 0.3) is 0 Å². The molecule has 2 aromatic carbocycles. The Bertz CT molecular complexity index is 940. The molecule has 6 nitrogen and oxygen atoms in total. The summed E-state index contributed by atoms with van der Waals surface area (Å²) >= 11 is 10.2. The van der Waals surface area contributed by atoms with Crippen LogP contribution < -0.4 is 9.47 Å². The first-order valence-corrected chi connectivity index (χ1v) is 10.8. The summed E-state index contributed by atoms with van der Waals surface area (Å²) in [6, 6.07) is 10.6. The minimum Gasteiger partial charge on any atom is -0.493 e. The van der Waals surface area contributed by atoms with Crippen LogP contribution in [-0.2, 0) is 16.2 Å². The maximum absolute atomic E-state index is 11.6. The predicted octanol–water partition coefficient (Wildman–Crippen LogP) is 5.95. The first-order chi connectivity index (χ1) is 13.9. The van der Waals surface area contributed by atoms with E-state index < -0.39 is 5.97 Å². The van der Waals surface area contributed by atoms with Gasteiger partial charge < -0.3 is 19.4 Å². The minimum atomic E-state index is -1.18. The number of rotatable bonds is 9. The second-order valence-electron chi connectivity index (χ2n) is 5.54. The van der Waals surface area contributed by atoms with Gasteiger partial charge in [0.05, 0.1) is 15.0 Å². The van der Waals surface area contributed by atoms with Crippen LogP contribution in [0.3, 0.4) is 0 Å². The number of hydrogen-bond acceptors (Lipinski definition) is 5. The van der Waals surface area contributed by atoms with Crippen LogP contribution in [0.4, 0.5) is 0 Å². The molecule has 0 saturated carbocycles. The van der Waals surface area contributed by atoms with Crippen LogP contribution in [0.15, 0.2) is 49.4 Å². The highest BCUT2D eigenvalue weighted by Gasteiger charge is 2.19. The van der Waals surface area contributed by atoms with Crippen LogP contribution in [0, 0.1) is 0 Å². The smallest absolute Gasteiger partial charge is 0.358 e. The van der Waals surface area contributed by atoms with E-state index in [4.69, 9.17) is 14.3 Å². The molecule has 0 aliphatic carbocycles. The number of oxime groups is 1. The zero-order valence-electron chi connectivity index (χ0n) is 15.6. The van der Waals surface area contributed by atoms with Crippen molar-refractivity contribution in [3.05, 3.63) is 61.0 Å². The van der Waals surface area contributed by atoms with Gasteiger partial charge >= 0.3 is 5.97 Å². The lowest BCUT2D eigenvalue weighted by Crippen LogP contribution is -2.18. The molecule has 0 unspecified atom stereocenters. The maximum atomic E-state index is 11.6. The topological polar surface area (TPSA) is 77.4 Å². The fourth-order valence-corrected chi connectivity index (χ4v) is 3.49. The van der Waals surface area contributed by atoms with Crippen molar-refractivity contribution >= 4 is 65.5 Å². The zero-order valence-corrected chi connectivity index (χ0v) is 20.4. The van der Waals surface area contributed by atoms with Gasteiger partial charge in [0.15, 0.2) is 17.2 Å². The maximum Gasteiger partial charge on any atom is 0.358 e. The molecule has 0 spiro atoms. The first-order valence-electron chi connectivity index (χ1n) is 8.42. The molecule has 0 heterocycles. The Morgan fingerprint density at radius 1 is 1.21 bits per heavy atom. The standard InChI is InChI=1S/C20H18Br3NO5/c1-3-29-24-18(20(25)26)14-7-5-4-6-13(14)11-28-19-15(27-2)9-8-12(17(19)23)10-16(21)22/h4-10H,3,11H2,1-2H3,(H,25,26)/b24-18+. The number of benzene rings is 2. The predicted molar refractivity (Wildman–Crippen MR) is 123 cm³/mol. The van der Waals surface area contributed by atoms with Crippen molar-refractivity contribution in [2.75, 3.05) is 13.7 Å². The normalized spacial score (nSPS) is 11.0. The van der Waals surface area contributed by atoms with E-state index in [9.17, 15) is 9.90 Å². The van der Waals surface area contributed by atoms with Crippen molar-refractivity contribution in [3.63, 3.8) is 0 Å². The first kappa shape index (κ1) is 23.4. The van der Waals surface area contributed by atoms with Crippen LogP contribution in [0.25, 0.3) is 6.08 Å². The van der Waals surface area contributed by atoms with Gasteiger partial charge in [0, 0.05) is 5.56 Å². The molecular weight excluding hydrogens is 574 g/mol. The Hall–Kier alpha value is -1.84. The Morgan fingerprint density at radius 3 is 2.55 bits per heavy atom. The number of hydrogen-bond donors (Lipinski definition) is 1. The Morgan fingerprint density at radius 2 is 1.93 bits per heavy atom. The lowest BCUT2D eigenvalue weighted by atomic mass is 10.0. The molecule has 0 fully saturated rings. The van der Waals surface area contributed by atoms with Crippen LogP contribution in [0.1, 0.15) is 23.6 Å². The number of carbonyl (C=O) groups is 1. The van der Waals surface area contributed by atoms with E-state index in [1.165, 1.54) is 0 Å². The third-order valence-electron chi connectivity index (χ3n) is 3.71. The van der Waals surface area contributed by atoms with Gasteiger partial charge in [-0.05, 0) is 84.0 Å². The van der Waals surface area contributed by atoms with Crippen molar-refractivity contribution in [2.24, 2.45) is 5.16 Å². The van der Waals surface area contributed by atoms with Crippen molar-refractivity contribution in [1.82, 2.24) is 0 Å². The number of carboxylic acids is 1. The lowest BCUT2D eigenvalue weighted by molar-refractivity contribution is -0.129. The number of nitrogens with zero attached hydrogens (tertiary/aromatic N) is 1. The molecular formula is C20H18Br3NO5. The fourth-order valence-electron chi connectivity index (χ4n) is 2.44. The second-order valence-corrected chi connectivity index (χ2v) is 9.11. The molecule has 0 bridgehead atoms. The van der Waals surface area contributed by atoms with E-state index in [-0.39, 0.29) is 18.9 Å². The molecule has 9 heteroatoms. The number of carboxylic acid groups (broad SMARTS) is 1. The summed E-state index contributed by atoms with van der Waals surface area (Å²) in [7, 11) is 1.55. The Kier molecular flexibility index (Phi) is 9.19. The van der Waals surface area contributed by atoms with Gasteiger partial charge in [-0.3, -0.25) is 0 Å². The van der Waals surface area contributed by atoms with Gasteiger partial charge in [-0.2, -0.15) is 0 Å². The molecule has 0 aliphatic rings.